The third kappa shape index (κ3) is 7.56. The summed E-state index contributed by atoms with van der Waals surface area (Å²) in [7, 11) is 0. The lowest BCUT2D eigenvalue weighted by molar-refractivity contribution is -0.170. The summed E-state index contributed by atoms with van der Waals surface area (Å²) >= 11 is 3.43. The molecular formula is C29H36BrN5O9. The van der Waals surface area contributed by atoms with Gasteiger partial charge in [-0.05, 0) is 57.7 Å². The molecule has 2 fully saturated rings. The van der Waals surface area contributed by atoms with Crippen molar-refractivity contribution in [2.24, 2.45) is 0 Å². The van der Waals surface area contributed by atoms with Crippen LogP contribution in [0.5, 0.6) is 5.88 Å². The van der Waals surface area contributed by atoms with E-state index in [0.29, 0.717) is 25.1 Å². The lowest BCUT2D eigenvalue weighted by Gasteiger charge is -2.38. The molecule has 2 aromatic rings. The molecule has 0 radical (unpaired) electrons. The number of hydrogen-bond acceptors (Lipinski definition) is 10. The van der Waals surface area contributed by atoms with E-state index in [2.05, 4.69) is 31.7 Å². The molecule has 238 valence electrons. The molecule has 44 heavy (non-hydrogen) atoms. The van der Waals surface area contributed by atoms with E-state index in [4.69, 9.17) is 14.2 Å². The number of nitrogens with one attached hydrogen (secondary N) is 2. The molecule has 1 aliphatic heterocycles. The second-order valence-electron chi connectivity index (χ2n) is 10.4. The average molecular weight is 679 g/mol. The van der Waals surface area contributed by atoms with E-state index in [0.717, 1.165) is 10.9 Å². The number of aliphatic carboxylic acids is 1. The van der Waals surface area contributed by atoms with Crippen molar-refractivity contribution in [3.8, 4) is 11.6 Å². The lowest BCUT2D eigenvalue weighted by Crippen LogP contribution is -2.61. The van der Waals surface area contributed by atoms with Crippen molar-refractivity contribution in [1.82, 2.24) is 25.3 Å². The number of carbonyl (C=O) groups is 5. The highest BCUT2D eigenvalue weighted by Gasteiger charge is 2.49. The van der Waals surface area contributed by atoms with Gasteiger partial charge in [0.15, 0.2) is 11.5 Å². The molecule has 1 aromatic carbocycles. The standard InChI is InChI=1S/C29H36BrN5O9/c1-3-42-27(40)29(11-6-12-29)44-23-16-21(33-35(23)19-8-5-7-18(30)15-19)26(39)32-20(9-10-24(36)37)25(38)22-17-31-13-14-34(22)28(41)43-4-2/h5,7-8,15-16,20,22,31H,3-4,6,9-14,17H2,1-2H3,(H,32,39)(H,36,37)/t20-,22?/m0/s1. The molecule has 2 amide bonds. The van der Waals surface area contributed by atoms with Crippen LogP contribution in [-0.4, -0.2) is 100 Å². The second-order valence-corrected chi connectivity index (χ2v) is 11.3. The number of Topliss-reactive ketones (excluding diaryl/α,β-unsaturated/α-hetero) is 1. The predicted octanol–water partition coefficient (Wildman–Crippen LogP) is 2.46. The Kier molecular flexibility index (Phi) is 11.0. The number of hydrogen-bond donors (Lipinski definition) is 3. The number of carbonyl (C=O) groups excluding carboxylic acids is 4. The predicted molar refractivity (Wildman–Crippen MR) is 159 cm³/mol. The van der Waals surface area contributed by atoms with Crippen molar-refractivity contribution < 1.29 is 43.3 Å². The van der Waals surface area contributed by atoms with Gasteiger partial charge in [-0.3, -0.25) is 19.3 Å². The summed E-state index contributed by atoms with van der Waals surface area (Å²) in [5.74, 6) is -2.86. The van der Waals surface area contributed by atoms with E-state index in [1.165, 1.54) is 15.6 Å². The van der Waals surface area contributed by atoms with Crippen LogP contribution in [0.3, 0.4) is 0 Å². The summed E-state index contributed by atoms with van der Waals surface area (Å²) < 4.78 is 18.7. The fraction of sp³-hybridized carbons (Fsp3) is 0.517. The van der Waals surface area contributed by atoms with Gasteiger partial charge in [0, 0.05) is 36.6 Å². The maximum Gasteiger partial charge on any atom is 0.410 e. The first kappa shape index (κ1) is 32.9. The Morgan fingerprint density at radius 1 is 1.16 bits per heavy atom. The van der Waals surface area contributed by atoms with Crippen molar-refractivity contribution in [3.05, 3.63) is 40.5 Å². The molecule has 4 rings (SSSR count). The van der Waals surface area contributed by atoms with Crippen LogP contribution >= 0.6 is 15.9 Å². The molecule has 1 unspecified atom stereocenters. The van der Waals surface area contributed by atoms with Gasteiger partial charge >= 0.3 is 18.0 Å². The van der Waals surface area contributed by atoms with Crippen molar-refractivity contribution in [2.45, 2.75) is 63.6 Å². The Hall–Kier alpha value is -3.98. The highest BCUT2D eigenvalue weighted by molar-refractivity contribution is 9.10. The van der Waals surface area contributed by atoms with Crippen molar-refractivity contribution >= 4 is 45.7 Å². The number of esters is 1. The van der Waals surface area contributed by atoms with E-state index in [9.17, 15) is 29.1 Å². The van der Waals surface area contributed by atoms with Crippen LogP contribution in [0.4, 0.5) is 4.79 Å². The molecule has 0 bridgehead atoms. The van der Waals surface area contributed by atoms with Gasteiger partial charge in [0.05, 0.1) is 24.9 Å². The number of ether oxygens (including phenoxy) is 3. The highest BCUT2D eigenvalue weighted by atomic mass is 79.9. The topological polar surface area (TPSA) is 178 Å². The number of amides is 2. The summed E-state index contributed by atoms with van der Waals surface area (Å²) in [5, 5.41) is 19.5. The molecule has 1 saturated heterocycles. The van der Waals surface area contributed by atoms with Crippen LogP contribution in [-0.2, 0) is 23.9 Å². The number of nitrogens with zero attached hydrogens (tertiary/aromatic N) is 3. The first-order valence-corrected chi connectivity index (χ1v) is 15.3. The van der Waals surface area contributed by atoms with Gasteiger partial charge < -0.3 is 30.0 Å². The van der Waals surface area contributed by atoms with Crippen LogP contribution in [0.25, 0.3) is 5.69 Å². The normalized spacial score (nSPS) is 18.0. The van der Waals surface area contributed by atoms with Crippen LogP contribution in [0.2, 0.25) is 0 Å². The minimum absolute atomic E-state index is 0.111. The van der Waals surface area contributed by atoms with Gasteiger partial charge in [-0.1, -0.05) is 22.0 Å². The molecule has 1 saturated carbocycles. The maximum atomic E-state index is 13.7. The zero-order valence-electron chi connectivity index (χ0n) is 24.5. The summed E-state index contributed by atoms with van der Waals surface area (Å²) in [4.78, 5) is 65.4. The SMILES string of the molecule is CCOC(=O)N1CCNCC1C(=O)[C@H](CCC(=O)O)NC(=O)c1cc(OC2(C(=O)OCC)CCC2)n(-c2cccc(Br)c2)n1. The quantitative estimate of drug-likeness (QED) is 0.265. The van der Waals surface area contributed by atoms with Gasteiger partial charge in [-0.15, -0.1) is 0 Å². The molecule has 14 nitrogen and oxygen atoms in total. The monoisotopic (exact) mass is 677 g/mol. The molecule has 2 heterocycles. The molecular weight excluding hydrogens is 642 g/mol. The average Bonchev–Trinajstić information content (AvgIpc) is 3.40. The number of piperazine rings is 1. The minimum atomic E-state index is -1.25. The van der Waals surface area contributed by atoms with E-state index in [1.54, 1.807) is 32.0 Å². The Morgan fingerprint density at radius 2 is 1.91 bits per heavy atom. The van der Waals surface area contributed by atoms with Crippen molar-refractivity contribution in [3.63, 3.8) is 0 Å². The molecule has 2 atom stereocenters. The van der Waals surface area contributed by atoms with E-state index >= 15 is 0 Å². The Bertz CT molecular complexity index is 1390. The summed E-state index contributed by atoms with van der Waals surface area (Å²) in [5.41, 5.74) is -0.822. The first-order valence-electron chi connectivity index (χ1n) is 14.5. The number of rotatable bonds is 13. The molecule has 1 aromatic heterocycles. The van der Waals surface area contributed by atoms with Gasteiger partial charge in [-0.2, -0.15) is 5.10 Å². The largest absolute Gasteiger partial charge is 0.481 e. The van der Waals surface area contributed by atoms with Crippen molar-refractivity contribution in [1.29, 1.82) is 0 Å². The zero-order valence-corrected chi connectivity index (χ0v) is 26.1. The van der Waals surface area contributed by atoms with E-state index in [-0.39, 0.29) is 44.3 Å². The second kappa shape index (κ2) is 14.7. The number of aromatic nitrogens is 2. The Morgan fingerprint density at radius 3 is 2.55 bits per heavy atom. The molecule has 2 aliphatic rings. The van der Waals surface area contributed by atoms with Crippen LogP contribution < -0.4 is 15.4 Å². The molecule has 15 heteroatoms. The maximum absolute atomic E-state index is 13.7. The minimum Gasteiger partial charge on any atom is -0.481 e. The number of benzene rings is 1. The van der Waals surface area contributed by atoms with Gasteiger partial charge in [0.2, 0.25) is 11.5 Å². The highest BCUT2D eigenvalue weighted by Crippen LogP contribution is 2.39. The lowest BCUT2D eigenvalue weighted by atomic mass is 9.80. The van der Waals surface area contributed by atoms with Crippen molar-refractivity contribution in [2.75, 3.05) is 32.8 Å². The molecule has 3 N–H and O–H groups in total. The first-order chi connectivity index (χ1) is 21.1. The Labute approximate surface area is 262 Å². The van der Waals surface area contributed by atoms with Gasteiger partial charge in [0.1, 0.15) is 6.04 Å². The summed E-state index contributed by atoms with van der Waals surface area (Å²) in [6.07, 6.45) is 0.318. The number of halogens is 1. The number of carboxylic acids is 1. The smallest absolute Gasteiger partial charge is 0.410 e. The third-order valence-corrected chi connectivity index (χ3v) is 7.93. The fourth-order valence-electron chi connectivity index (χ4n) is 5.05. The van der Waals surface area contributed by atoms with E-state index in [1.807, 2.05) is 6.07 Å². The molecule has 1 aliphatic carbocycles. The number of ketones is 1. The Balaban J connectivity index is 1.64. The van der Waals surface area contributed by atoms with Gasteiger partial charge in [-0.25, -0.2) is 14.3 Å². The summed E-state index contributed by atoms with van der Waals surface area (Å²) in [6, 6.07) is 6.19. The van der Waals surface area contributed by atoms with Gasteiger partial charge in [0.25, 0.3) is 5.91 Å². The third-order valence-electron chi connectivity index (χ3n) is 7.44. The van der Waals surface area contributed by atoms with Crippen LogP contribution in [0.1, 0.15) is 56.4 Å². The zero-order chi connectivity index (χ0) is 31.9. The van der Waals surface area contributed by atoms with Crippen LogP contribution in [0.15, 0.2) is 34.8 Å². The number of carboxylic acid groups (broad SMARTS) is 1. The summed E-state index contributed by atoms with van der Waals surface area (Å²) in [6.45, 7) is 4.41. The fourth-order valence-corrected chi connectivity index (χ4v) is 5.44. The van der Waals surface area contributed by atoms with Crippen LogP contribution in [0, 0.1) is 0 Å². The molecule has 0 spiro atoms. The van der Waals surface area contributed by atoms with E-state index < -0.39 is 53.8 Å².